The van der Waals surface area contributed by atoms with E-state index in [9.17, 15) is 9.90 Å². The minimum Gasteiger partial charge on any atom is -0.447 e. The second kappa shape index (κ2) is 20.1. The maximum atomic E-state index is 11.8. The number of ether oxygens (including phenoxy) is 2. The molecular weight excluding hydrogens is 378 g/mol. The molecule has 1 fully saturated rings. The molecule has 0 aromatic heterocycles. The number of hydrogen-bond donors (Lipinski definition) is 2. The largest absolute Gasteiger partial charge is 0.447 e. The van der Waals surface area contributed by atoms with Crippen molar-refractivity contribution in [1.82, 2.24) is 5.32 Å². The number of carbonyl (C=O) groups excluding carboxylic acids is 1. The minimum absolute atomic E-state index is 0.0555. The van der Waals surface area contributed by atoms with Gasteiger partial charge in [-0.1, -0.05) is 96.8 Å². The SMILES string of the molecule is CCCCCCCCCCCCCCCCC(CO)CNC(=O)OCC1CCCO1. The molecule has 2 atom stereocenters. The molecule has 1 amide bonds. The first-order chi connectivity index (χ1) is 14.8. The van der Waals surface area contributed by atoms with E-state index in [4.69, 9.17) is 9.47 Å². The van der Waals surface area contributed by atoms with Crippen molar-refractivity contribution in [2.45, 2.75) is 122 Å². The molecule has 5 nitrogen and oxygen atoms in total. The Kier molecular flexibility index (Phi) is 18.3. The second-order valence-electron chi connectivity index (χ2n) is 9.05. The standard InChI is InChI=1S/C25H49NO4/c1-2-3-4-5-6-7-8-9-10-11-12-13-14-15-17-23(21-27)20-26-25(28)30-22-24-18-16-19-29-24/h23-24,27H,2-22H2,1H3,(H,26,28). The molecule has 0 bridgehead atoms. The van der Waals surface area contributed by atoms with Gasteiger partial charge in [0.2, 0.25) is 0 Å². The number of rotatable bonds is 20. The molecule has 1 heterocycles. The van der Waals surface area contributed by atoms with Crippen molar-refractivity contribution in [3.8, 4) is 0 Å². The maximum Gasteiger partial charge on any atom is 0.407 e. The summed E-state index contributed by atoms with van der Waals surface area (Å²) in [7, 11) is 0. The number of amides is 1. The van der Waals surface area contributed by atoms with Crippen LogP contribution in [0.5, 0.6) is 0 Å². The number of aliphatic hydroxyl groups is 1. The van der Waals surface area contributed by atoms with E-state index in [2.05, 4.69) is 12.2 Å². The first-order valence-corrected chi connectivity index (χ1v) is 12.9. The average Bonchev–Trinajstić information content (AvgIpc) is 3.28. The molecule has 0 aromatic rings. The van der Waals surface area contributed by atoms with Crippen LogP contribution in [0.15, 0.2) is 0 Å². The number of nitrogens with one attached hydrogen (secondary N) is 1. The van der Waals surface area contributed by atoms with Crippen molar-refractivity contribution in [1.29, 1.82) is 0 Å². The Morgan fingerprint density at radius 2 is 1.53 bits per heavy atom. The van der Waals surface area contributed by atoms with Crippen molar-refractivity contribution < 1.29 is 19.4 Å². The summed E-state index contributed by atoms with van der Waals surface area (Å²) in [5.74, 6) is 0.123. The zero-order valence-electron chi connectivity index (χ0n) is 19.7. The normalized spacial score (nSPS) is 17.2. The van der Waals surface area contributed by atoms with Gasteiger partial charge in [0.1, 0.15) is 6.61 Å². The van der Waals surface area contributed by atoms with Crippen LogP contribution in [-0.4, -0.2) is 43.7 Å². The zero-order valence-corrected chi connectivity index (χ0v) is 19.7. The summed E-state index contributed by atoms with van der Waals surface area (Å²) in [5, 5.41) is 12.3. The fourth-order valence-corrected chi connectivity index (χ4v) is 4.11. The lowest BCUT2D eigenvalue weighted by atomic mass is 10.00. The predicted octanol–water partition coefficient (Wildman–Crippen LogP) is 6.37. The predicted molar refractivity (Wildman–Crippen MR) is 124 cm³/mol. The lowest BCUT2D eigenvalue weighted by Crippen LogP contribution is -2.33. The quantitative estimate of drug-likeness (QED) is 0.221. The smallest absolute Gasteiger partial charge is 0.407 e. The van der Waals surface area contributed by atoms with Crippen LogP contribution in [0.25, 0.3) is 0 Å². The van der Waals surface area contributed by atoms with Crippen LogP contribution in [0, 0.1) is 5.92 Å². The van der Waals surface area contributed by atoms with Crippen LogP contribution < -0.4 is 5.32 Å². The highest BCUT2D eigenvalue weighted by molar-refractivity contribution is 5.67. The van der Waals surface area contributed by atoms with E-state index in [0.29, 0.717) is 13.2 Å². The van der Waals surface area contributed by atoms with Gasteiger partial charge in [0, 0.05) is 19.8 Å². The molecule has 0 aliphatic carbocycles. The van der Waals surface area contributed by atoms with Crippen LogP contribution in [-0.2, 0) is 9.47 Å². The summed E-state index contributed by atoms with van der Waals surface area (Å²) < 4.78 is 10.6. The van der Waals surface area contributed by atoms with Gasteiger partial charge in [-0.05, 0) is 25.2 Å². The van der Waals surface area contributed by atoms with E-state index in [-0.39, 0.29) is 18.6 Å². The molecule has 0 radical (unpaired) electrons. The van der Waals surface area contributed by atoms with E-state index in [1.165, 1.54) is 83.5 Å². The van der Waals surface area contributed by atoms with Crippen molar-refractivity contribution in [2.75, 3.05) is 26.4 Å². The van der Waals surface area contributed by atoms with Gasteiger partial charge in [-0.25, -0.2) is 4.79 Å². The third kappa shape index (κ3) is 16.0. The van der Waals surface area contributed by atoms with Crippen LogP contribution in [0.2, 0.25) is 0 Å². The summed E-state index contributed by atoms with van der Waals surface area (Å²) in [6.07, 6.45) is 21.5. The number of carbonyl (C=O) groups is 1. The van der Waals surface area contributed by atoms with Gasteiger partial charge in [-0.2, -0.15) is 0 Å². The van der Waals surface area contributed by atoms with Gasteiger partial charge < -0.3 is 19.9 Å². The highest BCUT2D eigenvalue weighted by atomic mass is 16.6. The molecule has 5 heteroatoms. The highest BCUT2D eigenvalue weighted by Crippen LogP contribution is 2.15. The van der Waals surface area contributed by atoms with E-state index < -0.39 is 6.09 Å². The number of aliphatic hydroxyl groups excluding tert-OH is 1. The zero-order chi connectivity index (χ0) is 21.7. The Bertz CT molecular complexity index is 385. The Balaban J connectivity index is 1.84. The second-order valence-corrected chi connectivity index (χ2v) is 9.05. The molecule has 2 N–H and O–H groups in total. The molecule has 1 saturated heterocycles. The molecule has 0 saturated carbocycles. The molecule has 1 aliphatic rings. The summed E-state index contributed by atoms with van der Waals surface area (Å²) in [6, 6.07) is 0. The van der Waals surface area contributed by atoms with E-state index >= 15 is 0 Å². The van der Waals surface area contributed by atoms with Crippen molar-refractivity contribution in [3.63, 3.8) is 0 Å². The molecule has 1 aliphatic heterocycles. The minimum atomic E-state index is -0.398. The molecule has 0 aromatic carbocycles. The highest BCUT2D eigenvalue weighted by Gasteiger charge is 2.17. The van der Waals surface area contributed by atoms with Gasteiger partial charge >= 0.3 is 6.09 Å². The van der Waals surface area contributed by atoms with E-state index in [1.54, 1.807) is 0 Å². The third-order valence-electron chi connectivity index (χ3n) is 6.18. The summed E-state index contributed by atoms with van der Waals surface area (Å²) >= 11 is 0. The number of alkyl carbamates (subject to hydrolysis) is 1. The lowest BCUT2D eigenvalue weighted by molar-refractivity contribution is 0.0432. The first-order valence-electron chi connectivity index (χ1n) is 12.9. The van der Waals surface area contributed by atoms with Crippen LogP contribution >= 0.6 is 0 Å². The van der Waals surface area contributed by atoms with Gasteiger partial charge in [0.15, 0.2) is 0 Å². The van der Waals surface area contributed by atoms with Crippen molar-refractivity contribution >= 4 is 6.09 Å². The molecule has 178 valence electrons. The lowest BCUT2D eigenvalue weighted by Gasteiger charge is -2.16. The van der Waals surface area contributed by atoms with Crippen molar-refractivity contribution in [3.05, 3.63) is 0 Å². The van der Waals surface area contributed by atoms with E-state index in [0.717, 1.165) is 32.3 Å². The molecule has 0 spiro atoms. The average molecular weight is 428 g/mol. The molecule has 2 unspecified atom stereocenters. The summed E-state index contributed by atoms with van der Waals surface area (Å²) in [4.78, 5) is 11.8. The molecule has 30 heavy (non-hydrogen) atoms. The monoisotopic (exact) mass is 427 g/mol. The Morgan fingerprint density at radius 1 is 0.967 bits per heavy atom. The third-order valence-corrected chi connectivity index (χ3v) is 6.18. The Labute approximate surface area is 185 Å². The van der Waals surface area contributed by atoms with Crippen LogP contribution in [0.4, 0.5) is 4.79 Å². The van der Waals surface area contributed by atoms with Crippen molar-refractivity contribution in [2.24, 2.45) is 5.92 Å². The topological polar surface area (TPSA) is 67.8 Å². The molecule has 1 rings (SSSR count). The van der Waals surface area contributed by atoms with Gasteiger partial charge in [-0.3, -0.25) is 0 Å². The van der Waals surface area contributed by atoms with Gasteiger partial charge in [0.25, 0.3) is 0 Å². The fraction of sp³-hybridized carbons (Fsp3) is 0.960. The van der Waals surface area contributed by atoms with Gasteiger partial charge in [0.05, 0.1) is 6.10 Å². The van der Waals surface area contributed by atoms with Crippen LogP contribution in [0.1, 0.15) is 116 Å². The summed E-state index contributed by atoms with van der Waals surface area (Å²) in [5.41, 5.74) is 0. The fourth-order valence-electron chi connectivity index (χ4n) is 4.11. The Morgan fingerprint density at radius 3 is 2.03 bits per heavy atom. The number of hydrogen-bond acceptors (Lipinski definition) is 4. The molecular formula is C25H49NO4. The Hall–Kier alpha value is -0.810. The van der Waals surface area contributed by atoms with Crippen LogP contribution in [0.3, 0.4) is 0 Å². The number of unbranched alkanes of at least 4 members (excludes halogenated alkanes) is 13. The first kappa shape index (κ1) is 27.2. The van der Waals surface area contributed by atoms with Gasteiger partial charge in [-0.15, -0.1) is 0 Å². The van der Waals surface area contributed by atoms with E-state index in [1.807, 2.05) is 0 Å². The maximum absolute atomic E-state index is 11.8. The summed E-state index contributed by atoms with van der Waals surface area (Å²) in [6.45, 7) is 3.97.